The van der Waals surface area contributed by atoms with E-state index in [1.807, 2.05) is 5.32 Å². The Labute approximate surface area is 92.2 Å². The van der Waals surface area contributed by atoms with Crippen LogP contribution in [0.15, 0.2) is 0 Å². The van der Waals surface area contributed by atoms with Gasteiger partial charge in [0.05, 0.1) is 0 Å². The lowest BCUT2D eigenvalue weighted by Crippen LogP contribution is -2.51. The minimum Gasteiger partial charge on any atom is -0.329 e. The minimum atomic E-state index is -4.36. The number of carbonyl (C=O) groups excluding carboxylic acids is 1. The van der Waals surface area contributed by atoms with Gasteiger partial charge in [-0.25, -0.2) is 4.79 Å². The first-order chi connectivity index (χ1) is 7.40. The summed E-state index contributed by atoms with van der Waals surface area (Å²) < 4.78 is 35.6. The number of halogens is 3. The molecule has 0 bridgehead atoms. The molecule has 1 heterocycles. The van der Waals surface area contributed by atoms with Crippen molar-refractivity contribution >= 4 is 6.03 Å². The fraction of sp³-hybridized carbons (Fsp3) is 0.889. The number of nitrogens with zero attached hydrogens (tertiary/aromatic N) is 1. The molecule has 1 saturated heterocycles. The Morgan fingerprint density at radius 2 is 2.25 bits per heavy atom. The lowest BCUT2D eigenvalue weighted by Gasteiger charge is -2.31. The largest absolute Gasteiger partial charge is 0.405 e. The zero-order valence-corrected chi connectivity index (χ0v) is 9.10. The summed E-state index contributed by atoms with van der Waals surface area (Å²) in [6, 6.07) is -0.701. The topological polar surface area (TPSA) is 44.4 Å². The van der Waals surface area contributed by atoms with Crippen LogP contribution in [0.3, 0.4) is 0 Å². The number of likely N-dealkylation sites (N-methyl/N-ethyl adjacent to an activating group) is 1. The number of piperidine rings is 1. The third-order valence-corrected chi connectivity index (χ3v) is 2.58. The highest BCUT2D eigenvalue weighted by atomic mass is 19.4. The molecule has 0 saturated carbocycles. The van der Waals surface area contributed by atoms with Crippen LogP contribution < -0.4 is 10.6 Å². The summed E-state index contributed by atoms with van der Waals surface area (Å²) in [5.74, 6) is 0. The Morgan fingerprint density at radius 3 is 2.75 bits per heavy atom. The molecule has 0 aromatic heterocycles. The van der Waals surface area contributed by atoms with Crippen LogP contribution in [-0.4, -0.2) is 49.8 Å². The van der Waals surface area contributed by atoms with Crippen molar-refractivity contribution in [1.82, 2.24) is 15.5 Å². The molecule has 1 atom stereocenters. The molecule has 0 spiro atoms. The molecule has 0 aromatic rings. The van der Waals surface area contributed by atoms with E-state index in [2.05, 4.69) is 5.32 Å². The predicted octanol–water partition coefficient (Wildman–Crippen LogP) is 0.942. The van der Waals surface area contributed by atoms with Crippen molar-refractivity contribution in [2.75, 3.05) is 26.7 Å². The number of hydrogen-bond acceptors (Lipinski definition) is 2. The van der Waals surface area contributed by atoms with Crippen LogP contribution in [0.5, 0.6) is 0 Å². The summed E-state index contributed by atoms with van der Waals surface area (Å²) in [6.45, 7) is 0.251. The third kappa shape index (κ3) is 4.26. The smallest absolute Gasteiger partial charge is 0.329 e. The summed E-state index contributed by atoms with van der Waals surface area (Å²) in [5.41, 5.74) is 0. The monoisotopic (exact) mass is 239 g/mol. The van der Waals surface area contributed by atoms with Gasteiger partial charge in [-0.1, -0.05) is 0 Å². The first-order valence-electron chi connectivity index (χ1n) is 5.18. The van der Waals surface area contributed by atoms with Gasteiger partial charge in [0.25, 0.3) is 0 Å². The van der Waals surface area contributed by atoms with Crippen LogP contribution in [0.4, 0.5) is 18.0 Å². The predicted molar refractivity (Wildman–Crippen MR) is 53.1 cm³/mol. The zero-order chi connectivity index (χ0) is 12.2. The molecule has 1 aliphatic heterocycles. The maximum absolute atomic E-state index is 11.9. The van der Waals surface area contributed by atoms with Gasteiger partial charge in [0.1, 0.15) is 6.54 Å². The van der Waals surface area contributed by atoms with Crippen LogP contribution in [0.25, 0.3) is 0 Å². The quantitative estimate of drug-likeness (QED) is 0.753. The molecule has 16 heavy (non-hydrogen) atoms. The van der Waals surface area contributed by atoms with Gasteiger partial charge in [-0.15, -0.1) is 0 Å². The number of urea groups is 1. The fourth-order valence-corrected chi connectivity index (χ4v) is 1.63. The van der Waals surface area contributed by atoms with Crippen molar-refractivity contribution in [3.8, 4) is 0 Å². The molecule has 2 amide bonds. The van der Waals surface area contributed by atoms with Crippen molar-refractivity contribution in [3.05, 3.63) is 0 Å². The lowest BCUT2D eigenvalue weighted by atomic mass is 10.1. The number of alkyl halides is 3. The van der Waals surface area contributed by atoms with E-state index in [1.165, 1.54) is 11.9 Å². The number of nitrogens with one attached hydrogen (secondary N) is 2. The van der Waals surface area contributed by atoms with E-state index in [1.54, 1.807) is 0 Å². The molecule has 7 heteroatoms. The van der Waals surface area contributed by atoms with Crippen molar-refractivity contribution in [3.63, 3.8) is 0 Å². The molecular weight excluding hydrogens is 223 g/mol. The molecule has 94 valence electrons. The Balaban J connectivity index is 2.34. The van der Waals surface area contributed by atoms with Gasteiger partial charge < -0.3 is 15.5 Å². The van der Waals surface area contributed by atoms with E-state index < -0.39 is 18.8 Å². The summed E-state index contributed by atoms with van der Waals surface area (Å²) in [5, 5.41) is 4.95. The number of rotatable bonds is 2. The Morgan fingerprint density at radius 1 is 1.56 bits per heavy atom. The average Bonchev–Trinajstić information content (AvgIpc) is 2.25. The second-order valence-electron chi connectivity index (χ2n) is 3.88. The van der Waals surface area contributed by atoms with Crippen molar-refractivity contribution in [1.29, 1.82) is 0 Å². The summed E-state index contributed by atoms with van der Waals surface area (Å²) in [7, 11) is 1.52. The van der Waals surface area contributed by atoms with E-state index in [0.29, 0.717) is 6.54 Å². The van der Waals surface area contributed by atoms with Crippen LogP contribution in [-0.2, 0) is 0 Å². The van der Waals surface area contributed by atoms with Gasteiger partial charge >= 0.3 is 12.2 Å². The minimum absolute atomic E-state index is 0.0259. The van der Waals surface area contributed by atoms with Gasteiger partial charge in [-0.3, -0.25) is 0 Å². The Bertz CT molecular complexity index is 239. The molecule has 1 unspecified atom stereocenters. The normalized spacial score (nSPS) is 21.6. The Hall–Kier alpha value is -0.980. The molecule has 0 aromatic carbocycles. The van der Waals surface area contributed by atoms with E-state index in [4.69, 9.17) is 0 Å². The summed E-state index contributed by atoms with van der Waals surface area (Å²) >= 11 is 0. The molecule has 1 fully saturated rings. The molecule has 2 N–H and O–H groups in total. The maximum atomic E-state index is 11.9. The molecule has 1 aliphatic rings. The molecule has 1 rings (SSSR count). The van der Waals surface area contributed by atoms with Crippen LogP contribution >= 0.6 is 0 Å². The summed E-state index contributed by atoms with van der Waals surface area (Å²) in [4.78, 5) is 12.7. The van der Waals surface area contributed by atoms with E-state index >= 15 is 0 Å². The van der Waals surface area contributed by atoms with Gasteiger partial charge in [-0.2, -0.15) is 13.2 Å². The maximum Gasteiger partial charge on any atom is 0.405 e. The van der Waals surface area contributed by atoms with Crippen molar-refractivity contribution in [2.45, 2.75) is 25.1 Å². The highest BCUT2D eigenvalue weighted by Gasteiger charge is 2.29. The number of carbonyl (C=O) groups is 1. The standard InChI is InChI=1S/C9H16F3N3O/c1-15(7-3-2-4-13-5-7)8(16)14-6-9(10,11)12/h7,13H,2-6H2,1H3,(H,14,16). The van der Waals surface area contributed by atoms with E-state index in [9.17, 15) is 18.0 Å². The third-order valence-electron chi connectivity index (χ3n) is 2.58. The molecule has 0 radical (unpaired) electrons. The number of amides is 2. The first-order valence-corrected chi connectivity index (χ1v) is 5.18. The van der Waals surface area contributed by atoms with E-state index in [-0.39, 0.29) is 6.04 Å². The van der Waals surface area contributed by atoms with Crippen molar-refractivity contribution < 1.29 is 18.0 Å². The zero-order valence-electron chi connectivity index (χ0n) is 9.10. The molecular formula is C9H16F3N3O. The number of hydrogen-bond donors (Lipinski definition) is 2. The van der Waals surface area contributed by atoms with Crippen LogP contribution in [0.1, 0.15) is 12.8 Å². The summed E-state index contributed by atoms with van der Waals surface area (Å²) in [6.07, 6.45) is -2.61. The highest BCUT2D eigenvalue weighted by molar-refractivity contribution is 5.74. The van der Waals surface area contributed by atoms with Gasteiger partial charge in [0, 0.05) is 19.6 Å². The second-order valence-corrected chi connectivity index (χ2v) is 3.88. The highest BCUT2D eigenvalue weighted by Crippen LogP contribution is 2.13. The van der Waals surface area contributed by atoms with Gasteiger partial charge in [0.15, 0.2) is 0 Å². The SMILES string of the molecule is CN(C(=O)NCC(F)(F)F)C1CCCNC1. The van der Waals surface area contributed by atoms with Crippen LogP contribution in [0.2, 0.25) is 0 Å². The fourth-order valence-electron chi connectivity index (χ4n) is 1.63. The Kier molecular flexibility index (Phi) is 4.40. The molecule has 4 nitrogen and oxygen atoms in total. The molecule has 0 aliphatic carbocycles. The van der Waals surface area contributed by atoms with Gasteiger partial charge in [0.2, 0.25) is 0 Å². The van der Waals surface area contributed by atoms with E-state index in [0.717, 1.165) is 19.4 Å². The second kappa shape index (κ2) is 5.38. The first kappa shape index (κ1) is 13.1. The lowest BCUT2D eigenvalue weighted by molar-refractivity contribution is -0.123. The van der Waals surface area contributed by atoms with Gasteiger partial charge in [-0.05, 0) is 19.4 Å². The van der Waals surface area contributed by atoms with Crippen molar-refractivity contribution in [2.24, 2.45) is 0 Å². The average molecular weight is 239 g/mol. The van der Waals surface area contributed by atoms with Crippen LogP contribution in [0, 0.1) is 0 Å².